The number of nitrogens with one attached hydrogen (secondary N) is 2. The lowest BCUT2D eigenvalue weighted by atomic mass is 9.85. The van der Waals surface area contributed by atoms with Gasteiger partial charge in [-0.1, -0.05) is 53.5 Å². The van der Waals surface area contributed by atoms with Crippen molar-refractivity contribution in [3.05, 3.63) is 11.6 Å². The Morgan fingerprint density at radius 3 is 2.00 bits per heavy atom. The van der Waals surface area contributed by atoms with Crippen molar-refractivity contribution in [1.82, 2.24) is 25.3 Å². The van der Waals surface area contributed by atoms with Crippen LogP contribution in [0.15, 0.2) is 11.6 Å². The second-order valence-corrected chi connectivity index (χ2v) is 11.9. The number of carbonyl (C=O) groups is 4. The molecule has 2 N–H and O–H groups in total. The third-order valence-corrected chi connectivity index (χ3v) is 6.81. The van der Waals surface area contributed by atoms with Gasteiger partial charge in [0.1, 0.15) is 6.04 Å². The van der Waals surface area contributed by atoms with Crippen LogP contribution in [-0.4, -0.2) is 97.2 Å². The van der Waals surface area contributed by atoms with E-state index in [9.17, 15) is 14.4 Å². The van der Waals surface area contributed by atoms with Gasteiger partial charge in [-0.3, -0.25) is 24.1 Å². The molecule has 4 amide bonds. The molecular formula is C30H57N5O4. The Hall–Kier alpha value is -2.42. The number of piperidine rings is 1. The first-order valence-corrected chi connectivity index (χ1v) is 14.6. The van der Waals surface area contributed by atoms with Gasteiger partial charge >= 0.3 is 0 Å². The molecule has 0 radical (unpaired) electrons. The van der Waals surface area contributed by atoms with Gasteiger partial charge in [0.15, 0.2) is 0 Å². The van der Waals surface area contributed by atoms with Crippen molar-refractivity contribution in [2.45, 2.75) is 112 Å². The Balaban J connectivity index is 0.00000185. The molecule has 0 bridgehead atoms. The van der Waals surface area contributed by atoms with Crippen LogP contribution in [0.25, 0.3) is 0 Å². The van der Waals surface area contributed by atoms with E-state index < -0.39 is 11.5 Å². The average Bonchev–Trinajstić information content (AvgIpc) is 3.44. The van der Waals surface area contributed by atoms with Crippen molar-refractivity contribution in [1.29, 1.82) is 0 Å². The second-order valence-electron chi connectivity index (χ2n) is 11.9. The third kappa shape index (κ3) is 13.0. The first kappa shape index (κ1) is 36.6. The number of likely N-dealkylation sites (N-methyl/N-ethyl adjacent to an activating group) is 1. The monoisotopic (exact) mass is 551 g/mol. The Kier molecular flexibility index (Phi) is 17.6. The molecule has 0 aliphatic carbocycles. The first-order chi connectivity index (χ1) is 18.3. The maximum Gasteiger partial charge on any atom is 0.249 e. The van der Waals surface area contributed by atoms with E-state index >= 15 is 0 Å². The van der Waals surface area contributed by atoms with Crippen molar-refractivity contribution in [2.75, 3.05) is 40.3 Å². The Labute approximate surface area is 238 Å². The van der Waals surface area contributed by atoms with Gasteiger partial charge in [0.25, 0.3) is 0 Å². The van der Waals surface area contributed by atoms with Gasteiger partial charge in [-0.15, -0.1) is 0 Å². The van der Waals surface area contributed by atoms with E-state index in [-0.39, 0.29) is 23.8 Å². The van der Waals surface area contributed by atoms with Crippen LogP contribution in [0.3, 0.4) is 0 Å². The van der Waals surface area contributed by atoms with E-state index in [1.807, 2.05) is 38.7 Å². The van der Waals surface area contributed by atoms with Gasteiger partial charge in [0, 0.05) is 45.3 Å². The van der Waals surface area contributed by atoms with Gasteiger partial charge in [-0.25, -0.2) is 0 Å². The van der Waals surface area contributed by atoms with Crippen LogP contribution in [0.4, 0.5) is 0 Å². The highest BCUT2D eigenvalue weighted by atomic mass is 16.2. The largest absolute Gasteiger partial charge is 0.362 e. The molecule has 0 aromatic carbocycles. The van der Waals surface area contributed by atoms with Crippen molar-refractivity contribution in [3.63, 3.8) is 0 Å². The lowest BCUT2D eigenvalue weighted by Gasteiger charge is -2.40. The van der Waals surface area contributed by atoms with Crippen LogP contribution >= 0.6 is 0 Å². The molecule has 226 valence electrons. The number of hydrogen-bond donors (Lipinski definition) is 2. The second kappa shape index (κ2) is 18.8. The third-order valence-electron chi connectivity index (χ3n) is 6.81. The van der Waals surface area contributed by atoms with E-state index in [2.05, 4.69) is 43.2 Å². The van der Waals surface area contributed by atoms with Crippen LogP contribution < -0.4 is 10.6 Å². The van der Waals surface area contributed by atoms with Gasteiger partial charge < -0.3 is 20.4 Å². The molecule has 0 aromatic heterocycles. The number of nitrogens with zero attached hydrogens (tertiary/aromatic N) is 3. The highest BCUT2D eigenvalue weighted by molar-refractivity contribution is 5.93. The maximum atomic E-state index is 13.3. The zero-order valence-electron chi connectivity index (χ0n) is 26.4. The molecule has 2 atom stereocenters. The molecule has 2 unspecified atom stereocenters. The summed E-state index contributed by atoms with van der Waals surface area (Å²) in [5, 5.41) is 5.33. The molecule has 2 heterocycles. The summed E-state index contributed by atoms with van der Waals surface area (Å²) in [6.45, 7) is 19.1. The topological polar surface area (TPSA) is 102 Å². The quantitative estimate of drug-likeness (QED) is 0.355. The number of amides is 4. The fourth-order valence-electron chi connectivity index (χ4n) is 4.58. The number of hydrogen-bond acceptors (Lipinski definition) is 5. The molecule has 2 fully saturated rings. The summed E-state index contributed by atoms with van der Waals surface area (Å²) >= 11 is 0. The molecular weight excluding hydrogens is 494 g/mol. The minimum Gasteiger partial charge on any atom is -0.362 e. The Bertz CT molecular complexity index is 785. The number of rotatable bonds is 8. The Morgan fingerprint density at radius 2 is 1.54 bits per heavy atom. The van der Waals surface area contributed by atoms with Crippen LogP contribution in [0.2, 0.25) is 0 Å². The van der Waals surface area contributed by atoms with E-state index in [1.165, 1.54) is 6.42 Å². The number of likely N-dealkylation sites (tertiary alicyclic amines) is 2. The minimum atomic E-state index is -0.626. The highest BCUT2D eigenvalue weighted by Gasteiger charge is 2.38. The van der Waals surface area contributed by atoms with Crippen LogP contribution in [0.1, 0.15) is 93.9 Å². The summed E-state index contributed by atoms with van der Waals surface area (Å²) in [5.41, 5.74) is 0.236. The molecule has 9 nitrogen and oxygen atoms in total. The Morgan fingerprint density at radius 1 is 1.03 bits per heavy atom. The first-order valence-electron chi connectivity index (χ1n) is 14.6. The smallest absolute Gasteiger partial charge is 0.249 e. The normalized spacial score (nSPS) is 18.7. The molecule has 2 rings (SSSR count). The number of carbonyl (C=O) groups excluding carboxylic acids is 4. The van der Waals surface area contributed by atoms with Gasteiger partial charge in [0.2, 0.25) is 24.1 Å². The lowest BCUT2D eigenvalue weighted by molar-refractivity contribution is -0.140. The zero-order chi connectivity index (χ0) is 30.2. The molecule has 0 saturated carbocycles. The van der Waals surface area contributed by atoms with Crippen molar-refractivity contribution in [2.24, 2.45) is 5.41 Å². The summed E-state index contributed by atoms with van der Waals surface area (Å²) in [7, 11) is 3.30. The van der Waals surface area contributed by atoms with Crippen molar-refractivity contribution in [3.8, 4) is 0 Å². The standard InChI is InChI=1S/C25H44N4O3.C3H8.C2H5NO/c1-18(2)29-16-9-8-12-20(29)22(30)26-21(25(4,5)6)24(32)27(7)17-13-19(3)23(31)28-14-10-11-15-28;1-3-2;1-3-2-4/h13,18,20-21H,8-12,14-17H2,1-7H3,(H,26,30);3H2,1-2H3;2H,1H3,(H,3,4)/b19-13+;;. The van der Waals surface area contributed by atoms with Crippen molar-refractivity contribution < 1.29 is 19.2 Å². The van der Waals surface area contributed by atoms with Crippen LogP contribution in [0, 0.1) is 5.41 Å². The van der Waals surface area contributed by atoms with Gasteiger partial charge in [-0.2, -0.15) is 0 Å². The van der Waals surface area contributed by atoms with E-state index in [0.29, 0.717) is 24.6 Å². The molecule has 9 heteroatoms. The summed E-state index contributed by atoms with van der Waals surface area (Å²) < 4.78 is 0. The van der Waals surface area contributed by atoms with Crippen LogP contribution in [-0.2, 0) is 19.2 Å². The summed E-state index contributed by atoms with van der Waals surface area (Å²) in [5.74, 6) is -0.137. The average molecular weight is 552 g/mol. The molecule has 2 aliphatic rings. The summed E-state index contributed by atoms with van der Waals surface area (Å²) in [6, 6.07) is -0.523. The predicted octanol–water partition coefficient (Wildman–Crippen LogP) is 3.59. The van der Waals surface area contributed by atoms with E-state index in [0.717, 1.165) is 51.7 Å². The SMILES string of the molecule is C/C(=C\CN(C)C(=O)C(NC(=O)C1CCCCN1C(C)C)C(C)(C)C)C(=O)N1CCCC1.CCC.CNC=O. The van der Waals surface area contributed by atoms with Gasteiger partial charge in [-0.05, 0) is 58.4 Å². The minimum absolute atomic E-state index is 0.0510. The molecule has 2 aliphatic heterocycles. The lowest BCUT2D eigenvalue weighted by Crippen LogP contribution is -2.59. The van der Waals surface area contributed by atoms with E-state index in [1.54, 1.807) is 19.0 Å². The zero-order valence-corrected chi connectivity index (χ0v) is 26.4. The summed E-state index contributed by atoms with van der Waals surface area (Å²) in [4.78, 5) is 53.9. The highest BCUT2D eigenvalue weighted by Crippen LogP contribution is 2.24. The summed E-state index contributed by atoms with van der Waals surface area (Å²) in [6.07, 6.45) is 8.77. The molecule has 0 spiro atoms. The van der Waals surface area contributed by atoms with Crippen LogP contribution in [0.5, 0.6) is 0 Å². The fraction of sp³-hybridized carbons (Fsp3) is 0.800. The molecule has 0 aromatic rings. The van der Waals surface area contributed by atoms with Crippen molar-refractivity contribution >= 4 is 24.1 Å². The van der Waals surface area contributed by atoms with Gasteiger partial charge in [0.05, 0.1) is 6.04 Å². The molecule has 2 saturated heterocycles. The molecule has 39 heavy (non-hydrogen) atoms. The maximum absolute atomic E-state index is 13.3. The fourth-order valence-corrected chi connectivity index (χ4v) is 4.58. The van der Waals surface area contributed by atoms with E-state index in [4.69, 9.17) is 4.79 Å². The predicted molar refractivity (Wildman–Crippen MR) is 159 cm³/mol.